The van der Waals surface area contributed by atoms with Crippen molar-refractivity contribution in [2.45, 2.75) is 25.3 Å². The Morgan fingerprint density at radius 1 is 1.16 bits per heavy atom. The number of rotatable bonds is 7. The molecule has 0 saturated carbocycles. The molecule has 2 rings (SSSR count). The largest absolute Gasteiger partial charge is 0.496 e. The van der Waals surface area contributed by atoms with E-state index in [1.807, 2.05) is 18.2 Å². The number of aliphatic carboxylic acids is 1. The first kappa shape index (κ1) is 18.4. The van der Waals surface area contributed by atoms with Crippen LogP contribution in [0.15, 0.2) is 48.5 Å². The number of carboxylic acid groups (broad SMARTS) is 1. The molecule has 0 aliphatic carbocycles. The van der Waals surface area contributed by atoms with Crippen LogP contribution in [-0.2, 0) is 21.5 Å². The number of benzene rings is 2. The maximum atomic E-state index is 13.1. The van der Waals surface area contributed by atoms with Crippen LogP contribution in [0.2, 0.25) is 0 Å². The highest BCUT2D eigenvalue weighted by Crippen LogP contribution is 2.23. The van der Waals surface area contributed by atoms with Gasteiger partial charge in [0.15, 0.2) is 5.54 Å². The lowest BCUT2D eigenvalue weighted by molar-refractivity contribution is -0.147. The molecule has 0 aliphatic heterocycles. The molecule has 1 amide bonds. The minimum atomic E-state index is -1.63. The van der Waals surface area contributed by atoms with Crippen molar-refractivity contribution in [3.05, 3.63) is 65.5 Å². The average molecular weight is 345 g/mol. The summed E-state index contributed by atoms with van der Waals surface area (Å²) in [5.74, 6) is -1.43. The van der Waals surface area contributed by atoms with E-state index in [1.165, 1.54) is 19.1 Å². The number of ether oxygens (including phenoxy) is 1. The quantitative estimate of drug-likeness (QED) is 0.809. The van der Waals surface area contributed by atoms with Gasteiger partial charge in [0.05, 0.1) is 7.11 Å². The van der Waals surface area contributed by atoms with Crippen LogP contribution in [0, 0.1) is 5.82 Å². The highest BCUT2D eigenvalue weighted by molar-refractivity contribution is 5.87. The van der Waals surface area contributed by atoms with E-state index in [0.29, 0.717) is 17.7 Å². The number of hydrogen-bond donors (Lipinski definition) is 2. The minimum Gasteiger partial charge on any atom is -0.496 e. The van der Waals surface area contributed by atoms with Crippen molar-refractivity contribution < 1.29 is 23.8 Å². The molecule has 25 heavy (non-hydrogen) atoms. The molecule has 2 N–H and O–H groups in total. The van der Waals surface area contributed by atoms with Crippen LogP contribution in [0.4, 0.5) is 4.39 Å². The molecule has 132 valence electrons. The molecule has 0 heterocycles. The normalized spacial score (nSPS) is 12.9. The zero-order chi connectivity index (χ0) is 18.4. The number of halogens is 1. The summed E-state index contributed by atoms with van der Waals surface area (Å²) in [7, 11) is 1.55. The van der Waals surface area contributed by atoms with E-state index in [-0.39, 0.29) is 6.42 Å². The molecule has 5 nitrogen and oxygen atoms in total. The molecule has 0 aliphatic rings. The van der Waals surface area contributed by atoms with E-state index in [1.54, 1.807) is 13.2 Å². The Balaban J connectivity index is 2.10. The van der Waals surface area contributed by atoms with E-state index in [0.717, 1.165) is 17.7 Å². The molecular weight excluding hydrogens is 325 g/mol. The zero-order valence-electron chi connectivity index (χ0n) is 14.1. The van der Waals surface area contributed by atoms with Crippen LogP contribution in [0.25, 0.3) is 0 Å². The summed E-state index contributed by atoms with van der Waals surface area (Å²) in [6, 6.07) is 12.4. The molecule has 6 heteroatoms. The summed E-state index contributed by atoms with van der Waals surface area (Å²) >= 11 is 0. The number of nitrogens with one attached hydrogen (secondary N) is 1. The van der Waals surface area contributed by atoms with Gasteiger partial charge in [-0.15, -0.1) is 0 Å². The molecule has 2 aromatic carbocycles. The summed E-state index contributed by atoms with van der Waals surface area (Å²) in [5, 5.41) is 12.1. The van der Waals surface area contributed by atoms with Crippen LogP contribution in [0.3, 0.4) is 0 Å². The van der Waals surface area contributed by atoms with Gasteiger partial charge >= 0.3 is 5.97 Å². The number of carbonyl (C=O) groups is 2. The van der Waals surface area contributed by atoms with Crippen molar-refractivity contribution in [3.8, 4) is 5.75 Å². The fourth-order valence-electron chi connectivity index (χ4n) is 2.53. The second-order valence-corrected chi connectivity index (χ2v) is 5.80. The van der Waals surface area contributed by atoms with Crippen LogP contribution in [-0.4, -0.2) is 24.1 Å². The number of methoxy groups -OCH3 is 1. The minimum absolute atomic E-state index is 0.102. The highest BCUT2D eigenvalue weighted by atomic mass is 19.1. The second-order valence-electron chi connectivity index (χ2n) is 5.80. The van der Waals surface area contributed by atoms with Gasteiger partial charge in [-0.25, -0.2) is 9.18 Å². The summed E-state index contributed by atoms with van der Waals surface area (Å²) in [6.07, 6.45) is 0.513. The zero-order valence-corrected chi connectivity index (χ0v) is 14.1. The average Bonchev–Trinajstić information content (AvgIpc) is 2.60. The van der Waals surface area contributed by atoms with Crippen LogP contribution >= 0.6 is 0 Å². The Kier molecular flexibility index (Phi) is 5.75. The van der Waals surface area contributed by atoms with Crippen LogP contribution < -0.4 is 10.1 Å². The third-order valence-electron chi connectivity index (χ3n) is 4.05. The molecular formula is C19H20FNO4. The lowest BCUT2D eigenvalue weighted by Gasteiger charge is -2.27. The standard InChI is InChI=1S/C19H20FNO4/c1-19(18(23)24,14-8-10-15(20)11-9-14)21-17(22)12-7-13-5-3-4-6-16(13)25-2/h3-6,8-11H,7,12H2,1-2H3,(H,21,22)(H,23,24). The van der Waals surface area contributed by atoms with Gasteiger partial charge in [-0.1, -0.05) is 30.3 Å². The summed E-state index contributed by atoms with van der Waals surface area (Å²) in [5.41, 5.74) is -0.475. The van der Waals surface area contributed by atoms with Gasteiger partial charge in [-0.05, 0) is 42.7 Å². The van der Waals surface area contributed by atoms with Crippen LogP contribution in [0.5, 0.6) is 5.75 Å². The lowest BCUT2D eigenvalue weighted by Crippen LogP contribution is -2.49. The highest BCUT2D eigenvalue weighted by Gasteiger charge is 2.36. The summed E-state index contributed by atoms with van der Waals surface area (Å²) < 4.78 is 18.3. The topological polar surface area (TPSA) is 75.6 Å². The van der Waals surface area contributed by atoms with E-state index in [4.69, 9.17) is 4.74 Å². The summed E-state index contributed by atoms with van der Waals surface area (Å²) in [6.45, 7) is 1.38. The van der Waals surface area contributed by atoms with Crippen molar-refractivity contribution in [1.82, 2.24) is 5.32 Å². The fourth-order valence-corrected chi connectivity index (χ4v) is 2.53. The Bertz CT molecular complexity index is 760. The summed E-state index contributed by atoms with van der Waals surface area (Å²) in [4.78, 5) is 24.0. The fraction of sp³-hybridized carbons (Fsp3) is 0.263. The smallest absolute Gasteiger partial charge is 0.333 e. The molecule has 0 aromatic heterocycles. The third kappa shape index (κ3) is 4.35. The Hall–Kier alpha value is -2.89. The number of hydrogen-bond acceptors (Lipinski definition) is 3. The number of carbonyl (C=O) groups excluding carboxylic acids is 1. The maximum Gasteiger partial charge on any atom is 0.333 e. The Labute approximate surface area is 145 Å². The Morgan fingerprint density at radius 2 is 1.80 bits per heavy atom. The van der Waals surface area contributed by atoms with Gasteiger partial charge in [0.25, 0.3) is 0 Å². The first-order chi connectivity index (χ1) is 11.9. The van der Waals surface area contributed by atoms with Gasteiger partial charge < -0.3 is 15.2 Å². The first-order valence-corrected chi connectivity index (χ1v) is 7.79. The number of aryl methyl sites for hydroxylation is 1. The van der Waals surface area contributed by atoms with E-state index >= 15 is 0 Å². The number of carboxylic acids is 1. The first-order valence-electron chi connectivity index (χ1n) is 7.79. The van der Waals surface area contributed by atoms with E-state index in [2.05, 4.69) is 5.32 Å². The molecule has 0 radical (unpaired) electrons. The predicted octanol–water partition coefficient (Wildman–Crippen LogP) is 2.88. The van der Waals surface area contributed by atoms with Gasteiger partial charge in [0.1, 0.15) is 11.6 Å². The van der Waals surface area contributed by atoms with Gasteiger partial charge in [-0.3, -0.25) is 4.79 Å². The maximum absolute atomic E-state index is 13.1. The van der Waals surface area contributed by atoms with E-state index < -0.39 is 23.2 Å². The van der Waals surface area contributed by atoms with Gasteiger partial charge in [-0.2, -0.15) is 0 Å². The molecule has 0 bridgehead atoms. The molecule has 1 unspecified atom stereocenters. The van der Waals surface area contributed by atoms with Crippen molar-refractivity contribution in [1.29, 1.82) is 0 Å². The van der Waals surface area contributed by atoms with Gasteiger partial charge in [0, 0.05) is 6.42 Å². The molecule has 0 saturated heterocycles. The van der Waals surface area contributed by atoms with Crippen molar-refractivity contribution in [3.63, 3.8) is 0 Å². The van der Waals surface area contributed by atoms with Crippen molar-refractivity contribution >= 4 is 11.9 Å². The number of para-hydroxylation sites is 1. The molecule has 2 aromatic rings. The molecule has 0 spiro atoms. The van der Waals surface area contributed by atoms with Crippen LogP contribution in [0.1, 0.15) is 24.5 Å². The van der Waals surface area contributed by atoms with Crippen molar-refractivity contribution in [2.75, 3.05) is 7.11 Å². The molecule has 1 atom stereocenters. The van der Waals surface area contributed by atoms with Gasteiger partial charge in [0.2, 0.25) is 5.91 Å². The molecule has 0 fully saturated rings. The SMILES string of the molecule is COc1ccccc1CCC(=O)NC(C)(C(=O)O)c1ccc(F)cc1. The third-order valence-corrected chi connectivity index (χ3v) is 4.05. The predicted molar refractivity (Wildman–Crippen MR) is 90.8 cm³/mol. The monoisotopic (exact) mass is 345 g/mol. The second kappa shape index (κ2) is 7.79. The number of amides is 1. The Morgan fingerprint density at radius 3 is 2.40 bits per heavy atom. The van der Waals surface area contributed by atoms with E-state index in [9.17, 15) is 19.1 Å². The van der Waals surface area contributed by atoms with Crippen molar-refractivity contribution in [2.24, 2.45) is 0 Å². The lowest BCUT2D eigenvalue weighted by atomic mass is 9.91.